The summed E-state index contributed by atoms with van der Waals surface area (Å²) in [6.45, 7) is 0. The topological polar surface area (TPSA) is 38.7 Å². The molecule has 0 saturated carbocycles. The zero-order chi connectivity index (χ0) is 27.9. The number of allylic oxidation sites excluding steroid dienone is 5. The molecule has 0 amide bonds. The largest absolute Gasteiger partial charge is 0.212 e. The standard InChI is InChI=1S/C39H29N3/c1-4-16-31-26(10-1)13-7-19-32(31)29-22-24-30(25-23-29)37-40-38(35-20-8-14-27-11-2-5-17-33(27)35)42-39(41-37)36-21-9-15-28-12-3-6-18-34(28)36/h1-8,10-14,16-24,30H,9,15,25H2. The average Bonchev–Trinajstić information content (AvgIpc) is 3.07. The molecule has 1 aromatic heterocycles. The van der Waals surface area contributed by atoms with Gasteiger partial charge in [-0.25, -0.2) is 15.0 Å². The first-order valence-electron chi connectivity index (χ1n) is 14.7. The van der Waals surface area contributed by atoms with Gasteiger partial charge in [0.15, 0.2) is 11.6 Å². The molecule has 3 heteroatoms. The highest BCUT2D eigenvalue weighted by Crippen LogP contribution is 2.36. The smallest absolute Gasteiger partial charge is 0.164 e. The molecule has 6 aromatic rings. The molecule has 0 N–H and O–H groups in total. The predicted octanol–water partition coefficient (Wildman–Crippen LogP) is 9.35. The molecule has 0 aliphatic heterocycles. The minimum absolute atomic E-state index is 0.0682. The maximum atomic E-state index is 5.16. The first kappa shape index (κ1) is 24.6. The van der Waals surface area contributed by atoms with Crippen molar-refractivity contribution in [1.82, 2.24) is 15.0 Å². The average molecular weight is 540 g/mol. The van der Waals surface area contributed by atoms with Crippen LogP contribution in [0.5, 0.6) is 0 Å². The molecule has 0 bridgehead atoms. The fraction of sp³-hybridized carbons (Fsp3) is 0.103. The number of hydrogen-bond acceptors (Lipinski definition) is 3. The molecular formula is C39H29N3. The van der Waals surface area contributed by atoms with Crippen molar-refractivity contribution in [3.05, 3.63) is 162 Å². The Morgan fingerprint density at radius 2 is 1.19 bits per heavy atom. The van der Waals surface area contributed by atoms with Gasteiger partial charge in [0.1, 0.15) is 5.82 Å². The van der Waals surface area contributed by atoms with Gasteiger partial charge in [0.2, 0.25) is 0 Å². The van der Waals surface area contributed by atoms with Crippen molar-refractivity contribution >= 4 is 32.7 Å². The Bertz CT molecular complexity index is 2070. The molecule has 2 aliphatic rings. The summed E-state index contributed by atoms with van der Waals surface area (Å²) in [4.78, 5) is 15.4. The van der Waals surface area contributed by atoms with Gasteiger partial charge >= 0.3 is 0 Å². The highest BCUT2D eigenvalue weighted by molar-refractivity contribution is 5.97. The molecule has 5 aromatic carbocycles. The van der Waals surface area contributed by atoms with E-state index < -0.39 is 0 Å². The van der Waals surface area contributed by atoms with Crippen LogP contribution < -0.4 is 0 Å². The van der Waals surface area contributed by atoms with Gasteiger partial charge in [0.25, 0.3) is 0 Å². The number of aryl methyl sites for hydroxylation is 1. The first-order valence-corrected chi connectivity index (χ1v) is 14.7. The molecular weight excluding hydrogens is 510 g/mol. The maximum Gasteiger partial charge on any atom is 0.164 e. The van der Waals surface area contributed by atoms with Crippen molar-refractivity contribution in [2.24, 2.45) is 0 Å². The van der Waals surface area contributed by atoms with Gasteiger partial charge in [-0.3, -0.25) is 0 Å². The minimum atomic E-state index is 0.0682. The fourth-order valence-corrected chi connectivity index (χ4v) is 6.40. The summed E-state index contributed by atoms with van der Waals surface area (Å²) < 4.78 is 0. The Kier molecular flexibility index (Phi) is 6.07. The Morgan fingerprint density at radius 1 is 0.548 bits per heavy atom. The van der Waals surface area contributed by atoms with E-state index in [1.807, 2.05) is 0 Å². The van der Waals surface area contributed by atoms with Gasteiger partial charge in [0, 0.05) is 17.1 Å². The molecule has 200 valence electrons. The van der Waals surface area contributed by atoms with E-state index in [2.05, 4.69) is 133 Å². The van der Waals surface area contributed by atoms with E-state index in [1.54, 1.807) is 0 Å². The molecule has 3 nitrogen and oxygen atoms in total. The number of aromatic nitrogens is 3. The number of nitrogens with zero attached hydrogens (tertiary/aromatic N) is 3. The van der Waals surface area contributed by atoms with Crippen molar-refractivity contribution < 1.29 is 0 Å². The zero-order valence-corrected chi connectivity index (χ0v) is 23.2. The summed E-state index contributed by atoms with van der Waals surface area (Å²) in [5, 5.41) is 4.87. The lowest BCUT2D eigenvalue weighted by Gasteiger charge is -2.20. The number of hydrogen-bond donors (Lipinski definition) is 0. The van der Waals surface area contributed by atoms with E-state index in [-0.39, 0.29) is 5.92 Å². The van der Waals surface area contributed by atoms with E-state index in [4.69, 9.17) is 15.0 Å². The van der Waals surface area contributed by atoms with Gasteiger partial charge < -0.3 is 0 Å². The molecule has 1 heterocycles. The van der Waals surface area contributed by atoms with Crippen LogP contribution in [0.3, 0.4) is 0 Å². The van der Waals surface area contributed by atoms with Crippen LogP contribution in [0.2, 0.25) is 0 Å². The van der Waals surface area contributed by atoms with Crippen LogP contribution in [0, 0.1) is 0 Å². The highest BCUT2D eigenvalue weighted by atomic mass is 15.0. The van der Waals surface area contributed by atoms with E-state index in [9.17, 15) is 0 Å². The van der Waals surface area contributed by atoms with Crippen LogP contribution in [0.15, 0.2) is 133 Å². The van der Waals surface area contributed by atoms with E-state index in [0.29, 0.717) is 0 Å². The van der Waals surface area contributed by atoms with Crippen LogP contribution in [-0.2, 0) is 6.42 Å². The summed E-state index contributed by atoms with van der Waals surface area (Å²) in [5.74, 6) is 2.37. The SMILES string of the molecule is C1=CC(c2nc(C3=CCCc4ccccc43)nc(-c3cccc4ccccc34)n2)CC=C1c1cccc2ccccc12. The summed E-state index contributed by atoms with van der Waals surface area (Å²) >= 11 is 0. The first-order chi connectivity index (χ1) is 20.8. The van der Waals surface area contributed by atoms with Crippen LogP contribution in [0.4, 0.5) is 0 Å². The quantitative estimate of drug-likeness (QED) is 0.224. The zero-order valence-electron chi connectivity index (χ0n) is 23.2. The minimum Gasteiger partial charge on any atom is -0.212 e. The van der Waals surface area contributed by atoms with Gasteiger partial charge in [-0.1, -0.05) is 133 Å². The molecule has 42 heavy (non-hydrogen) atoms. The number of benzene rings is 5. The lowest BCUT2D eigenvalue weighted by atomic mass is 9.89. The van der Waals surface area contributed by atoms with Crippen LogP contribution >= 0.6 is 0 Å². The summed E-state index contributed by atoms with van der Waals surface area (Å²) in [7, 11) is 0. The summed E-state index contributed by atoms with van der Waals surface area (Å²) in [6, 6.07) is 38.6. The number of fused-ring (bicyclic) bond motifs is 3. The van der Waals surface area contributed by atoms with E-state index in [0.717, 1.165) is 53.3 Å². The molecule has 0 radical (unpaired) electrons. The Balaban J connectivity index is 1.24. The fourth-order valence-electron chi connectivity index (χ4n) is 6.40. The summed E-state index contributed by atoms with van der Waals surface area (Å²) in [5.41, 5.74) is 7.23. The second-order valence-corrected chi connectivity index (χ2v) is 11.1. The number of rotatable bonds is 4. The van der Waals surface area contributed by atoms with Gasteiger partial charge in [-0.2, -0.15) is 0 Å². The lowest BCUT2D eigenvalue weighted by Crippen LogP contribution is -2.12. The Labute approximate surface area is 245 Å². The molecule has 0 spiro atoms. The Morgan fingerprint density at radius 3 is 1.98 bits per heavy atom. The third-order valence-corrected chi connectivity index (χ3v) is 8.53. The molecule has 0 saturated heterocycles. The lowest BCUT2D eigenvalue weighted by molar-refractivity contribution is 0.758. The second kappa shape index (κ2) is 10.4. The third-order valence-electron chi connectivity index (χ3n) is 8.53. The van der Waals surface area contributed by atoms with Crippen molar-refractivity contribution in [3.8, 4) is 11.4 Å². The second-order valence-electron chi connectivity index (χ2n) is 11.1. The molecule has 8 rings (SSSR count). The van der Waals surface area contributed by atoms with E-state index >= 15 is 0 Å². The van der Waals surface area contributed by atoms with Gasteiger partial charge in [0.05, 0.1) is 0 Å². The van der Waals surface area contributed by atoms with Crippen LogP contribution in [-0.4, -0.2) is 15.0 Å². The monoisotopic (exact) mass is 539 g/mol. The van der Waals surface area contributed by atoms with Crippen LogP contribution in [0.1, 0.15) is 47.1 Å². The van der Waals surface area contributed by atoms with Gasteiger partial charge in [-0.05, 0) is 63.1 Å². The van der Waals surface area contributed by atoms with Crippen molar-refractivity contribution in [3.63, 3.8) is 0 Å². The maximum absolute atomic E-state index is 5.16. The van der Waals surface area contributed by atoms with Crippen molar-refractivity contribution in [2.45, 2.75) is 25.2 Å². The molecule has 2 aliphatic carbocycles. The normalized spacial score (nSPS) is 16.2. The van der Waals surface area contributed by atoms with E-state index in [1.165, 1.54) is 38.4 Å². The van der Waals surface area contributed by atoms with Gasteiger partial charge in [-0.15, -0.1) is 0 Å². The third kappa shape index (κ3) is 4.35. The molecule has 1 unspecified atom stereocenters. The summed E-state index contributed by atoms with van der Waals surface area (Å²) in [6.07, 6.45) is 12.0. The molecule has 1 atom stereocenters. The Hall–Kier alpha value is -5.15. The molecule has 0 fully saturated rings. The van der Waals surface area contributed by atoms with Crippen LogP contribution in [0.25, 0.3) is 44.1 Å². The van der Waals surface area contributed by atoms with Crippen molar-refractivity contribution in [1.29, 1.82) is 0 Å². The highest BCUT2D eigenvalue weighted by Gasteiger charge is 2.23. The van der Waals surface area contributed by atoms with Crippen molar-refractivity contribution in [2.75, 3.05) is 0 Å². The predicted molar refractivity (Wildman–Crippen MR) is 173 cm³/mol.